The summed E-state index contributed by atoms with van der Waals surface area (Å²) < 4.78 is 0. The molecule has 0 spiro atoms. The van der Waals surface area contributed by atoms with E-state index >= 15 is 0 Å². The zero-order chi connectivity index (χ0) is 21.0. The van der Waals surface area contributed by atoms with Crippen molar-refractivity contribution in [3.63, 3.8) is 0 Å². The van der Waals surface area contributed by atoms with E-state index in [1.54, 1.807) is 0 Å². The van der Waals surface area contributed by atoms with Crippen LogP contribution in [0.2, 0.25) is 0 Å². The Morgan fingerprint density at radius 3 is 1.46 bits per heavy atom. The molecular weight excluding hydrogens is 338 g/mol. The Hall–Kier alpha value is -0.820. The van der Waals surface area contributed by atoms with Crippen LogP contribution in [0.1, 0.15) is 111 Å². The van der Waals surface area contributed by atoms with Crippen molar-refractivity contribution < 1.29 is 0 Å². The molecule has 1 aromatic rings. The first-order valence-corrected chi connectivity index (χ1v) is 12.1. The number of rotatable bonds is 15. The third-order valence-corrected chi connectivity index (χ3v) is 6.47. The van der Waals surface area contributed by atoms with E-state index in [9.17, 15) is 0 Å². The highest BCUT2D eigenvalue weighted by Gasteiger charge is 2.28. The highest BCUT2D eigenvalue weighted by Crippen LogP contribution is 2.33. The Morgan fingerprint density at radius 2 is 1.07 bits per heavy atom. The van der Waals surface area contributed by atoms with Crippen LogP contribution in [0.5, 0.6) is 0 Å². The summed E-state index contributed by atoms with van der Waals surface area (Å²) in [5, 5.41) is 0. The first kappa shape index (κ1) is 25.2. The van der Waals surface area contributed by atoms with Crippen LogP contribution in [0.25, 0.3) is 0 Å². The van der Waals surface area contributed by atoms with Gasteiger partial charge in [0.05, 0.1) is 0 Å². The van der Waals surface area contributed by atoms with E-state index in [-0.39, 0.29) is 5.54 Å². The van der Waals surface area contributed by atoms with E-state index in [0.717, 1.165) is 36.5 Å². The Balaban J connectivity index is 2.58. The monoisotopic (exact) mass is 387 g/mol. The fourth-order valence-electron chi connectivity index (χ4n) is 4.23. The second-order valence-electron chi connectivity index (χ2n) is 10.5. The third kappa shape index (κ3) is 10.6. The Morgan fingerprint density at radius 1 is 0.643 bits per heavy atom. The lowest BCUT2D eigenvalue weighted by Gasteiger charge is -2.32. The molecule has 162 valence electrons. The maximum absolute atomic E-state index is 7.07. The van der Waals surface area contributed by atoms with Crippen LogP contribution in [0, 0.1) is 23.7 Å². The zero-order valence-corrected chi connectivity index (χ0v) is 19.8. The quantitative estimate of drug-likeness (QED) is 0.321. The molecular formula is C27H49N. The van der Waals surface area contributed by atoms with Crippen LogP contribution in [-0.4, -0.2) is 0 Å². The SMILES string of the molecule is CC(C)CCCC(C)CCC(N)(CCC(C)CCCC(C)C)c1ccccc1. The van der Waals surface area contributed by atoms with Gasteiger partial charge in [0, 0.05) is 5.54 Å². The molecule has 0 saturated carbocycles. The van der Waals surface area contributed by atoms with Gasteiger partial charge in [-0.05, 0) is 54.9 Å². The van der Waals surface area contributed by atoms with Crippen LogP contribution >= 0.6 is 0 Å². The van der Waals surface area contributed by atoms with Crippen molar-refractivity contribution in [2.24, 2.45) is 29.4 Å². The molecule has 0 aliphatic carbocycles. The van der Waals surface area contributed by atoms with E-state index in [1.165, 1.54) is 56.9 Å². The zero-order valence-electron chi connectivity index (χ0n) is 19.8. The van der Waals surface area contributed by atoms with E-state index < -0.39 is 0 Å². The second kappa shape index (κ2) is 13.4. The minimum Gasteiger partial charge on any atom is -0.321 e. The minimum absolute atomic E-state index is 0.167. The molecule has 0 bridgehead atoms. The highest BCUT2D eigenvalue weighted by molar-refractivity contribution is 5.23. The number of benzene rings is 1. The molecule has 0 saturated heterocycles. The standard InChI is InChI=1S/C27H49N/c1-22(2)12-10-14-24(5)18-20-27(28,26-16-8-7-9-17-26)21-19-25(6)15-11-13-23(3)4/h7-9,16-17,22-25H,10-15,18-21,28H2,1-6H3. The minimum atomic E-state index is -0.167. The molecule has 0 fully saturated rings. The van der Waals surface area contributed by atoms with Crippen molar-refractivity contribution in [3.8, 4) is 0 Å². The van der Waals surface area contributed by atoms with Gasteiger partial charge in [0.25, 0.3) is 0 Å². The van der Waals surface area contributed by atoms with Crippen LogP contribution in [-0.2, 0) is 5.54 Å². The molecule has 1 heteroatoms. The molecule has 0 heterocycles. The van der Waals surface area contributed by atoms with Gasteiger partial charge >= 0.3 is 0 Å². The van der Waals surface area contributed by atoms with Crippen LogP contribution in [0.15, 0.2) is 30.3 Å². The van der Waals surface area contributed by atoms with Gasteiger partial charge < -0.3 is 5.73 Å². The molecule has 1 rings (SSSR count). The van der Waals surface area contributed by atoms with Gasteiger partial charge in [0.1, 0.15) is 0 Å². The van der Waals surface area contributed by atoms with Crippen LogP contribution in [0.4, 0.5) is 0 Å². The molecule has 0 aromatic heterocycles. The number of hydrogen-bond acceptors (Lipinski definition) is 1. The Labute approximate surface area is 176 Å². The lowest BCUT2D eigenvalue weighted by Crippen LogP contribution is -2.37. The van der Waals surface area contributed by atoms with Gasteiger partial charge in [0.2, 0.25) is 0 Å². The molecule has 1 nitrogen and oxygen atoms in total. The van der Waals surface area contributed by atoms with Crippen molar-refractivity contribution in [2.45, 2.75) is 111 Å². The lowest BCUT2D eigenvalue weighted by atomic mass is 9.78. The lowest BCUT2D eigenvalue weighted by molar-refractivity contribution is 0.292. The fourth-order valence-corrected chi connectivity index (χ4v) is 4.23. The van der Waals surface area contributed by atoms with Crippen molar-refractivity contribution >= 4 is 0 Å². The van der Waals surface area contributed by atoms with E-state index in [4.69, 9.17) is 5.73 Å². The van der Waals surface area contributed by atoms with E-state index in [2.05, 4.69) is 71.9 Å². The van der Waals surface area contributed by atoms with Crippen molar-refractivity contribution in [3.05, 3.63) is 35.9 Å². The summed E-state index contributed by atoms with van der Waals surface area (Å²) in [6, 6.07) is 10.9. The first-order valence-electron chi connectivity index (χ1n) is 12.1. The van der Waals surface area contributed by atoms with Crippen molar-refractivity contribution in [2.75, 3.05) is 0 Å². The molecule has 2 unspecified atom stereocenters. The fraction of sp³-hybridized carbons (Fsp3) is 0.778. The average Bonchev–Trinajstić information content (AvgIpc) is 2.65. The van der Waals surface area contributed by atoms with Crippen molar-refractivity contribution in [1.82, 2.24) is 0 Å². The molecule has 1 aromatic carbocycles. The second-order valence-corrected chi connectivity index (χ2v) is 10.5. The summed E-state index contributed by atoms with van der Waals surface area (Å²) in [6.07, 6.45) is 12.8. The smallest absolute Gasteiger partial charge is 0.0409 e. The van der Waals surface area contributed by atoms with Gasteiger partial charge in [-0.1, -0.05) is 110 Å². The summed E-state index contributed by atoms with van der Waals surface area (Å²) >= 11 is 0. The summed E-state index contributed by atoms with van der Waals surface area (Å²) in [5.41, 5.74) is 8.24. The third-order valence-electron chi connectivity index (χ3n) is 6.47. The molecule has 28 heavy (non-hydrogen) atoms. The van der Waals surface area contributed by atoms with E-state index in [1.807, 2.05) is 0 Å². The van der Waals surface area contributed by atoms with Gasteiger partial charge in [-0.15, -0.1) is 0 Å². The summed E-state index contributed by atoms with van der Waals surface area (Å²) in [7, 11) is 0. The Kier molecular flexibility index (Phi) is 12.1. The predicted octanol–water partition coefficient (Wildman–Crippen LogP) is 8.33. The van der Waals surface area contributed by atoms with Gasteiger partial charge in [-0.3, -0.25) is 0 Å². The Bertz CT molecular complexity index is 466. The topological polar surface area (TPSA) is 26.0 Å². The van der Waals surface area contributed by atoms with Gasteiger partial charge in [0.15, 0.2) is 0 Å². The van der Waals surface area contributed by atoms with Gasteiger partial charge in [-0.2, -0.15) is 0 Å². The molecule has 0 radical (unpaired) electrons. The molecule has 2 N–H and O–H groups in total. The van der Waals surface area contributed by atoms with Gasteiger partial charge in [-0.25, -0.2) is 0 Å². The summed E-state index contributed by atoms with van der Waals surface area (Å²) in [6.45, 7) is 14.1. The maximum atomic E-state index is 7.07. The molecule has 2 atom stereocenters. The van der Waals surface area contributed by atoms with Crippen LogP contribution < -0.4 is 5.73 Å². The molecule has 0 aliphatic rings. The van der Waals surface area contributed by atoms with Crippen molar-refractivity contribution in [1.29, 1.82) is 0 Å². The number of nitrogens with two attached hydrogens (primary N) is 1. The summed E-state index contributed by atoms with van der Waals surface area (Å²) in [5.74, 6) is 3.19. The van der Waals surface area contributed by atoms with Crippen LogP contribution in [0.3, 0.4) is 0 Å². The largest absolute Gasteiger partial charge is 0.321 e. The molecule has 0 amide bonds. The highest BCUT2D eigenvalue weighted by atomic mass is 14.7. The summed E-state index contributed by atoms with van der Waals surface area (Å²) in [4.78, 5) is 0. The molecule has 0 aliphatic heterocycles. The normalized spacial score (nSPS) is 16.3. The predicted molar refractivity (Wildman–Crippen MR) is 126 cm³/mol. The first-order chi connectivity index (χ1) is 13.2. The van der Waals surface area contributed by atoms with E-state index in [0.29, 0.717) is 0 Å². The average molecular weight is 388 g/mol. The maximum Gasteiger partial charge on any atom is 0.0409 e. The number of hydrogen-bond donors (Lipinski definition) is 1.